The molecule has 1 aromatic rings. The summed E-state index contributed by atoms with van der Waals surface area (Å²) in [4.78, 5) is 36.6. The molecule has 1 aromatic carbocycles. The molecule has 1 unspecified atom stereocenters. The Bertz CT molecular complexity index is 589. The molecule has 4 amide bonds. The van der Waals surface area contributed by atoms with Crippen molar-refractivity contribution in [3.63, 3.8) is 0 Å². The number of aryl methyl sites for hydroxylation is 1. The van der Waals surface area contributed by atoms with Crippen LogP contribution in [0.4, 0.5) is 10.5 Å². The first-order chi connectivity index (χ1) is 12.0. The molecule has 7 heteroatoms. The lowest BCUT2D eigenvalue weighted by molar-refractivity contribution is -0.883. The quantitative estimate of drug-likeness (QED) is 0.522. The van der Waals surface area contributed by atoms with E-state index >= 15 is 0 Å². The Hall–Kier alpha value is -2.41. The zero-order valence-electron chi connectivity index (χ0n) is 15.3. The SMILES string of the molecule is CCCNC(=O)NC(=O)C[NH+](CCC)CC(=O)Nc1ccccc1C. The van der Waals surface area contributed by atoms with E-state index in [1.165, 1.54) is 0 Å². The third-order valence-electron chi connectivity index (χ3n) is 3.63. The van der Waals surface area contributed by atoms with Gasteiger partial charge in [-0.25, -0.2) is 4.79 Å². The highest BCUT2D eigenvalue weighted by Crippen LogP contribution is 2.12. The third-order valence-corrected chi connectivity index (χ3v) is 3.63. The first kappa shape index (κ1) is 20.6. The van der Waals surface area contributed by atoms with Crippen molar-refractivity contribution < 1.29 is 19.3 Å². The largest absolute Gasteiger partial charge is 0.338 e. The Balaban J connectivity index is 2.52. The van der Waals surface area contributed by atoms with E-state index in [4.69, 9.17) is 0 Å². The number of anilines is 1. The Morgan fingerprint density at radius 3 is 2.32 bits per heavy atom. The lowest BCUT2D eigenvalue weighted by Crippen LogP contribution is -3.14. The van der Waals surface area contributed by atoms with E-state index in [0.29, 0.717) is 13.1 Å². The van der Waals surface area contributed by atoms with Gasteiger partial charge in [0, 0.05) is 12.2 Å². The van der Waals surface area contributed by atoms with Gasteiger partial charge in [-0.15, -0.1) is 0 Å². The number of carbonyl (C=O) groups is 3. The van der Waals surface area contributed by atoms with Crippen molar-refractivity contribution in [2.75, 3.05) is 31.5 Å². The Labute approximate surface area is 149 Å². The molecule has 4 N–H and O–H groups in total. The number of imide groups is 1. The molecule has 0 radical (unpaired) electrons. The molecule has 0 heterocycles. The summed E-state index contributed by atoms with van der Waals surface area (Å²) in [7, 11) is 0. The van der Waals surface area contributed by atoms with Crippen LogP contribution in [0.3, 0.4) is 0 Å². The van der Waals surface area contributed by atoms with Crippen molar-refractivity contribution in [2.24, 2.45) is 0 Å². The maximum absolute atomic E-state index is 12.3. The molecule has 138 valence electrons. The fourth-order valence-electron chi connectivity index (χ4n) is 2.41. The summed E-state index contributed by atoms with van der Waals surface area (Å²) in [5.41, 5.74) is 1.75. The summed E-state index contributed by atoms with van der Waals surface area (Å²) < 4.78 is 0. The number of benzene rings is 1. The van der Waals surface area contributed by atoms with Gasteiger partial charge < -0.3 is 15.5 Å². The minimum Gasteiger partial charge on any atom is -0.338 e. The van der Waals surface area contributed by atoms with E-state index in [1.807, 2.05) is 45.0 Å². The van der Waals surface area contributed by atoms with Crippen molar-refractivity contribution in [3.05, 3.63) is 29.8 Å². The van der Waals surface area contributed by atoms with Crippen LogP contribution >= 0.6 is 0 Å². The van der Waals surface area contributed by atoms with Gasteiger partial charge in [0.1, 0.15) is 0 Å². The van der Waals surface area contributed by atoms with E-state index in [-0.39, 0.29) is 24.9 Å². The second-order valence-corrected chi connectivity index (χ2v) is 6.02. The van der Waals surface area contributed by atoms with E-state index in [2.05, 4.69) is 16.0 Å². The highest BCUT2D eigenvalue weighted by Gasteiger charge is 2.19. The van der Waals surface area contributed by atoms with E-state index in [9.17, 15) is 14.4 Å². The van der Waals surface area contributed by atoms with Gasteiger partial charge in [-0.1, -0.05) is 32.0 Å². The monoisotopic (exact) mass is 349 g/mol. The average molecular weight is 349 g/mol. The predicted octanol–water partition coefficient (Wildman–Crippen LogP) is 0.464. The Kier molecular flexibility index (Phi) is 9.24. The number of para-hydroxylation sites is 1. The van der Waals surface area contributed by atoms with E-state index < -0.39 is 6.03 Å². The van der Waals surface area contributed by atoms with Crippen LogP contribution in [0, 0.1) is 6.92 Å². The fraction of sp³-hybridized carbons (Fsp3) is 0.500. The number of quaternary nitrogens is 1. The van der Waals surface area contributed by atoms with Crippen molar-refractivity contribution in [1.29, 1.82) is 0 Å². The number of urea groups is 1. The maximum atomic E-state index is 12.3. The van der Waals surface area contributed by atoms with Crippen LogP contribution in [0.25, 0.3) is 0 Å². The molecular formula is C18H29N4O3+. The fourth-order valence-corrected chi connectivity index (χ4v) is 2.41. The number of nitrogens with one attached hydrogen (secondary N) is 4. The van der Waals surface area contributed by atoms with Crippen molar-refractivity contribution in [1.82, 2.24) is 10.6 Å². The van der Waals surface area contributed by atoms with Gasteiger partial charge in [0.25, 0.3) is 11.8 Å². The molecule has 25 heavy (non-hydrogen) atoms. The van der Waals surface area contributed by atoms with Crippen LogP contribution in [-0.2, 0) is 9.59 Å². The van der Waals surface area contributed by atoms with Crippen molar-refractivity contribution in [3.8, 4) is 0 Å². The van der Waals surface area contributed by atoms with Crippen molar-refractivity contribution >= 4 is 23.5 Å². The standard InChI is InChI=1S/C18H28N4O3/c1-4-10-19-18(25)21-17(24)13-22(11-5-2)12-16(23)20-15-9-7-6-8-14(15)3/h6-9H,4-5,10-13H2,1-3H3,(H,20,23)(H2,19,21,24,25)/p+1. The van der Waals surface area contributed by atoms with Crippen LogP contribution in [0.2, 0.25) is 0 Å². The number of carbonyl (C=O) groups excluding carboxylic acids is 3. The summed E-state index contributed by atoms with van der Waals surface area (Å²) in [5.74, 6) is -0.540. The summed E-state index contributed by atoms with van der Waals surface area (Å²) in [6.07, 6.45) is 1.64. The summed E-state index contributed by atoms with van der Waals surface area (Å²) >= 11 is 0. The van der Waals surface area contributed by atoms with Gasteiger partial charge in [-0.3, -0.25) is 14.9 Å². The highest BCUT2D eigenvalue weighted by molar-refractivity contribution is 5.95. The summed E-state index contributed by atoms with van der Waals surface area (Å²) in [6.45, 7) is 7.29. The number of hydrogen-bond donors (Lipinski definition) is 4. The third kappa shape index (κ3) is 8.30. The molecule has 0 aliphatic carbocycles. The first-order valence-corrected chi connectivity index (χ1v) is 8.73. The smallest absolute Gasteiger partial charge is 0.321 e. The van der Waals surface area contributed by atoms with Gasteiger partial charge in [0.15, 0.2) is 13.1 Å². The molecule has 0 aromatic heterocycles. The maximum Gasteiger partial charge on any atom is 0.321 e. The zero-order chi connectivity index (χ0) is 18.7. The van der Waals surface area contributed by atoms with Crippen LogP contribution < -0.4 is 20.9 Å². The lowest BCUT2D eigenvalue weighted by Gasteiger charge is -2.18. The molecule has 0 aliphatic rings. The number of amides is 4. The van der Waals surface area contributed by atoms with Crippen LogP contribution in [-0.4, -0.2) is 44.0 Å². The van der Waals surface area contributed by atoms with Crippen LogP contribution in [0.5, 0.6) is 0 Å². The number of hydrogen-bond acceptors (Lipinski definition) is 3. The molecule has 0 saturated carbocycles. The van der Waals surface area contributed by atoms with E-state index in [0.717, 1.165) is 29.0 Å². The van der Waals surface area contributed by atoms with Crippen LogP contribution in [0.15, 0.2) is 24.3 Å². The molecule has 0 saturated heterocycles. The summed E-state index contributed by atoms with van der Waals surface area (Å²) in [6, 6.07) is 7.05. The molecule has 1 atom stereocenters. The first-order valence-electron chi connectivity index (χ1n) is 8.73. The van der Waals surface area contributed by atoms with Gasteiger partial charge in [-0.05, 0) is 31.4 Å². The predicted molar refractivity (Wildman–Crippen MR) is 97.5 cm³/mol. The Morgan fingerprint density at radius 1 is 1.00 bits per heavy atom. The highest BCUT2D eigenvalue weighted by atomic mass is 16.2. The van der Waals surface area contributed by atoms with Gasteiger partial charge in [0.2, 0.25) is 0 Å². The molecule has 0 aliphatic heterocycles. The summed E-state index contributed by atoms with van der Waals surface area (Å²) in [5, 5.41) is 7.75. The topological polar surface area (TPSA) is 91.7 Å². The minimum absolute atomic E-state index is 0.0780. The van der Waals surface area contributed by atoms with Crippen LogP contribution in [0.1, 0.15) is 32.3 Å². The number of rotatable bonds is 9. The normalized spacial score (nSPS) is 11.5. The lowest BCUT2D eigenvalue weighted by atomic mass is 10.2. The molecular weight excluding hydrogens is 320 g/mol. The second-order valence-electron chi connectivity index (χ2n) is 6.02. The average Bonchev–Trinajstić information content (AvgIpc) is 2.55. The molecule has 0 bridgehead atoms. The second kappa shape index (κ2) is 11.2. The molecule has 0 spiro atoms. The van der Waals surface area contributed by atoms with Gasteiger partial charge in [0.05, 0.1) is 6.54 Å². The molecule has 7 nitrogen and oxygen atoms in total. The van der Waals surface area contributed by atoms with Gasteiger partial charge >= 0.3 is 6.03 Å². The van der Waals surface area contributed by atoms with Gasteiger partial charge in [-0.2, -0.15) is 0 Å². The van der Waals surface area contributed by atoms with E-state index in [1.54, 1.807) is 0 Å². The van der Waals surface area contributed by atoms with Crippen molar-refractivity contribution in [2.45, 2.75) is 33.6 Å². The zero-order valence-corrected chi connectivity index (χ0v) is 15.3. The molecule has 0 fully saturated rings. The Morgan fingerprint density at radius 2 is 1.68 bits per heavy atom. The molecule has 1 rings (SSSR count). The minimum atomic E-state index is -0.493.